The van der Waals surface area contributed by atoms with Crippen LogP contribution in [-0.4, -0.2) is 12.4 Å². The van der Waals surface area contributed by atoms with E-state index < -0.39 is 0 Å². The van der Waals surface area contributed by atoms with Crippen LogP contribution < -0.4 is 4.74 Å². The van der Waals surface area contributed by atoms with Crippen LogP contribution in [0.3, 0.4) is 0 Å². The molecular weight excluding hydrogens is 164 g/mol. The highest BCUT2D eigenvalue weighted by atomic mass is 16.5. The van der Waals surface area contributed by atoms with Gasteiger partial charge in [-0.1, -0.05) is 12.1 Å². The highest BCUT2D eigenvalue weighted by Crippen LogP contribution is 2.29. The van der Waals surface area contributed by atoms with Crippen molar-refractivity contribution in [3.63, 3.8) is 0 Å². The SMILES string of the molecule is Cc1ccc(C)c2c1CC(=O)CO2. The lowest BCUT2D eigenvalue weighted by molar-refractivity contribution is -0.121. The normalized spacial score (nSPS) is 15.1. The summed E-state index contributed by atoms with van der Waals surface area (Å²) in [4.78, 5) is 11.2. The van der Waals surface area contributed by atoms with E-state index >= 15 is 0 Å². The van der Waals surface area contributed by atoms with Gasteiger partial charge >= 0.3 is 0 Å². The molecule has 0 unspecified atom stereocenters. The molecule has 1 aliphatic heterocycles. The van der Waals surface area contributed by atoms with Crippen LogP contribution in [0, 0.1) is 13.8 Å². The molecule has 0 aromatic heterocycles. The predicted octanol–water partition coefficient (Wildman–Crippen LogP) is 1.81. The molecule has 0 atom stereocenters. The summed E-state index contributed by atoms with van der Waals surface area (Å²) in [5.74, 6) is 1.08. The number of carbonyl (C=O) groups is 1. The standard InChI is InChI=1S/C11H12O2/c1-7-3-4-8(2)11-10(7)5-9(12)6-13-11/h3-4H,5-6H2,1-2H3. The van der Waals surface area contributed by atoms with Crippen LogP contribution in [0.2, 0.25) is 0 Å². The van der Waals surface area contributed by atoms with E-state index in [0.717, 1.165) is 22.4 Å². The van der Waals surface area contributed by atoms with Crippen molar-refractivity contribution in [1.82, 2.24) is 0 Å². The number of benzene rings is 1. The molecule has 2 heteroatoms. The molecule has 1 aromatic rings. The second-order valence-corrected chi connectivity index (χ2v) is 3.51. The van der Waals surface area contributed by atoms with Crippen LogP contribution in [0.15, 0.2) is 12.1 Å². The number of carbonyl (C=O) groups excluding carboxylic acids is 1. The Balaban J connectivity index is 2.57. The highest BCUT2D eigenvalue weighted by molar-refractivity contribution is 5.85. The first-order valence-electron chi connectivity index (χ1n) is 4.42. The summed E-state index contributed by atoms with van der Waals surface area (Å²) in [6.07, 6.45) is 0.531. The van der Waals surface area contributed by atoms with Gasteiger partial charge in [0.1, 0.15) is 12.4 Å². The van der Waals surface area contributed by atoms with Crippen LogP contribution in [0.4, 0.5) is 0 Å². The van der Waals surface area contributed by atoms with Crippen molar-refractivity contribution < 1.29 is 9.53 Å². The molecule has 1 aromatic carbocycles. The Morgan fingerprint density at radius 3 is 2.69 bits per heavy atom. The number of hydrogen-bond acceptors (Lipinski definition) is 2. The topological polar surface area (TPSA) is 26.3 Å². The smallest absolute Gasteiger partial charge is 0.174 e. The molecular formula is C11H12O2. The summed E-state index contributed by atoms with van der Waals surface area (Å²) in [5.41, 5.74) is 3.33. The molecule has 0 saturated heterocycles. The molecule has 2 nitrogen and oxygen atoms in total. The molecule has 1 aliphatic rings. The second-order valence-electron chi connectivity index (χ2n) is 3.51. The Kier molecular flexibility index (Phi) is 1.83. The zero-order valence-corrected chi connectivity index (χ0v) is 7.89. The van der Waals surface area contributed by atoms with E-state index in [1.807, 2.05) is 26.0 Å². The van der Waals surface area contributed by atoms with E-state index in [1.54, 1.807) is 0 Å². The Morgan fingerprint density at radius 1 is 1.23 bits per heavy atom. The van der Waals surface area contributed by atoms with Crippen molar-refractivity contribution in [2.45, 2.75) is 20.3 Å². The molecule has 0 amide bonds. The molecule has 0 bridgehead atoms. The van der Waals surface area contributed by atoms with Gasteiger partial charge < -0.3 is 4.74 Å². The fourth-order valence-electron chi connectivity index (χ4n) is 1.66. The van der Waals surface area contributed by atoms with Crippen molar-refractivity contribution in [3.05, 3.63) is 28.8 Å². The van der Waals surface area contributed by atoms with Crippen molar-refractivity contribution in [2.75, 3.05) is 6.61 Å². The van der Waals surface area contributed by atoms with Crippen LogP contribution in [0.5, 0.6) is 5.75 Å². The number of aryl methyl sites for hydroxylation is 2. The monoisotopic (exact) mass is 176 g/mol. The van der Waals surface area contributed by atoms with Gasteiger partial charge in [-0.05, 0) is 25.0 Å². The maximum atomic E-state index is 11.2. The number of rotatable bonds is 0. The van der Waals surface area contributed by atoms with Gasteiger partial charge in [-0.25, -0.2) is 0 Å². The first-order chi connectivity index (χ1) is 6.18. The summed E-state index contributed by atoms with van der Waals surface area (Å²) in [7, 11) is 0. The first-order valence-corrected chi connectivity index (χ1v) is 4.42. The van der Waals surface area contributed by atoms with Gasteiger partial charge in [0, 0.05) is 12.0 Å². The number of fused-ring (bicyclic) bond motifs is 1. The summed E-state index contributed by atoms with van der Waals surface area (Å²) in [6, 6.07) is 4.07. The minimum atomic E-state index is 0.168. The molecule has 1 heterocycles. The average Bonchev–Trinajstić information content (AvgIpc) is 2.12. The summed E-state index contributed by atoms with van der Waals surface area (Å²) in [5, 5.41) is 0. The number of ketones is 1. The molecule has 0 spiro atoms. The number of Topliss-reactive ketones (excluding diaryl/α,β-unsaturated/α-hetero) is 1. The lowest BCUT2D eigenvalue weighted by Crippen LogP contribution is -2.21. The zero-order chi connectivity index (χ0) is 9.42. The summed E-state index contributed by atoms with van der Waals surface area (Å²) < 4.78 is 5.40. The van der Waals surface area contributed by atoms with Crippen LogP contribution in [0.1, 0.15) is 16.7 Å². The second kappa shape index (κ2) is 2.87. The van der Waals surface area contributed by atoms with E-state index in [9.17, 15) is 4.79 Å². The zero-order valence-electron chi connectivity index (χ0n) is 7.89. The van der Waals surface area contributed by atoms with E-state index in [2.05, 4.69) is 0 Å². The fourth-order valence-corrected chi connectivity index (χ4v) is 1.66. The lowest BCUT2D eigenvalue weighted by Gasteiger charge is -2.20. The maximum Gasteiger partial charge on any atom is 0.174 e. The number of ether oxygens (including phenoxy) is 1. The molecule has 0 N–H and O–H groups in total. The van der Waals surface area contributed by atoms with Crippen molar-refractivity contribution in [1.29, 1.82) is 0 Å². The third-order valence-corrected chi connectivity index (χ3v) is 2.44. The highest BCUT2D eigenvalue weighted by Gasteiger charge is 2.19. The molecule has 0 fully saturated rings. The van der Waals surface area contributed by atoms with Gasteiger partial charge in [-0.3, -0.25) is 4.79 Å². The van der Waals surface area contributed by atoms with Crippen LogP contribution in [0.25, 0.3) is 0 Å². The van der Waals surface area contributed by atoms with Crippen molar-refractivity contribution in [2.24, 2.45) is 0 Å². The third-order valence-electron chi connectivity index (χ3n) is 2.44. The lowest BCUT2D eigenvalue weighted by atomic mass is 9.97. The quantitative estimate of drug-likeness (QED) is 0.602. The van der Waals surface area contributed by atoms with Crippen LogP contribution >= 0.6 is 0 Å². The van der Waals surface area contributed by atoms with Crippen molar-refractivity contribution in [3.8, 4) is 5.75 Å². The largest absolute Gasteiger partial charge is 0.485 e. The van der Waals surface area contributed by atoms with E-state index in [1.165, 1.54) is 0 Å². The Labute approximate surface area is 77.5 Å². The van der Waals surface area contributed by atoms with Gasteiger partial charge in [0.05, 0.1) is 0 Å². The first kappa shape index (κ1) is 8.30. The molecule has 0 aliphatic carbocycles. The summed E-state index contributed by atoms with van der Waals surface area (Å²) >= 11 is 0. The minimum Gasteiger partial charge on any atom is -0.485 e. The van der Waals surface area contributed by atoms with Gasteiger partial charge in [0.25, 0.3) is 0 Å². The van der Waals surface area contributed by atoms with E-state index in [4.69, 9.17) is 4.74 Å². The minimum absolute atomic E-state index is 0.168. The maximum absolute atomic E-state index is 11.2. The fraction of sp³-hybridized carbons (Fsp3) is 0.364. The molecule has 68 valence electrons. The molecule has 2 rings (SSSR count). The van der Waals surface area contributed by atoms with Gasteiger partial charge in [-0.15, -0.1) is 0 Å². The molecule has 13 heavy (non-hydrogen) atoms. The Morgan fingerprint density at radius 2 is 1.92 bits per heavy atom. The average molecular weight is 176 g/mol. The van der Waals surface area contributed by atoms with E-state index in [0.29, 0.717) is 6.42 Å². The van der Waals surface area contributed by atoms with Crippen LogP contribution in [-0.2, 0) is 11.2 Å². The molecule has 0 radical (unpaired) electrons. The Hall–Kier alpha value is -1.31. The Bertz CT molecular complexity index is 367. The molecule has 0 saturated carbocycles. The van der Waals surface area contributed by atoms with Gasteiger partial charge in [-0.2, -0.15) is 0 Å². The third kappa shape index (κ3) is 1.32. The van der Waals surface area contributed by atoms with E-state index in [-0.39, 0.29) is 12.4 Å². The summed E-state index contributed by atoms with van der Waals surface area (Å²) in [6.45, 7) is 4.26. The number of hydrogen-bond donors (Lipinski definition) is 0. The predicted molar refractivity (Wildman–Crippen MR) is 50.1 cm³/mol. The van der Waals surface area contributed by atoms with Gasteiger partial charge in [0.2, 0.25) is 0 Å². The van der Waals surface area contributed by atoms with Gasteiger partial charge in [0.15, 0.2) is 5.78 Å². The van der Waals surface area contributed by atoms with Crippen molar-refractivity contribution >= 4 is 5.78 Å².